The lowest BCUT2D eigenvalue weighted by Crippen LogP contribution is -2.31. The Morgan fingerprint density at radius 3 is 1.09 bits per heavy atom. The van der Waals surface area contributed by atoms with Crippen LogP contribution in [0.2, 0.25) is 0 Å². The Kier molecular flexibility index (Phi) is 14.4. The second kappa shape index (κ2) is 18.7. The number of unbranched alkanes of at least 4 members (excludes halogenated alkanes) is 18. The normalized spacial score (nSPS) is 15.0. The van der Waals surface area contributed by atoms with Gasteiger partial charge in [0.25, 0.3) is 11.8 Å². The molecule has 242 valence electrons. The van der Waals surface area contributed by atoms with Crippen LogP contribution >= 0.6 is 0 Å². The first-order valence-electron chi connectivity index (χ1n) is 17.9. The van der Waals surface area contributed by atoms with Gasteiger partial charge in [-0.1, -0.05) is 129 Å². The third-order valence-corrected chi connectivity index (χ3v) is 9.16. The van der Waals surface area contributed by atoms with Crippen LogP contribution in [0.4, 0.5) is 0 Å². The van der Waals surface area contributed by atoms with E-state index in [1.165, 1.54) is 103 Å². The van der Waals surface area contributed by atoms with Gasteiger partial charge in [-0.2, -0.15) is 0 Å². The summed E-state index contributed by atoms with van der Waals surface area (Å²) in [6.45, 7) is 5.67. The fourth-order valence-corrected chi connectivity index (χ4v) is 6.68. The molecule has 2 aliphatic rings. The molecule has 4 rings (SSSR count). The van der Waals surface area contributed by atoms with Crippen molar-refractivity contribution in [1.82, 2.24) is 9.80 Å². The predicted molar refractivity (Wildman–Crippen MR) is 178 cm³/mol. The molecule has 0 fully saturated rings. The van der Waals surface area contributed by atoms with Gasteiger partial charge in [-0.15, -0.1) is 0 Å². The van der Waals surface area contributed by atoms with Crippen LogP contribution in [0.25, 0.3) is 11.4 Å². The van der Waals surface area contributed by atoms with Crippen molar-refractivity contribution in [2.24, 2.45) is 0 Å². The van der Waals surface area contributed by atoms with Crippen LogP contribution in [0.15, 0.2) is 56.8 Å². The van der Waals surface area contributed by atoms with Crippen molar-refractivity contribution in [3.05, 3.63) is 59.5 Å². The first-order valence-corrected chi connectivity index (χ1v) is 17.9. The Morgan fingerprint density at radius 1 is 0.477 bits per heavy atom. The van der Waals surface area contributed by atoms with Crippen LogP contribution in [0.1, 0.15) is 154 Å². The largest absolute Gasteiger partial charge is 0.463 e. The molecule has 0 saturated heterocycles. The van der Waals surface area contributed by atoms with Crippen LogP contribution in [0, 0.1) is 0 Å². The van der Waals surface area contributed by atoms with E-state index in [1.807, 2.05) is 24.3 Å². The molecule has 2 aliphatic heterocycles. The average molecular weight is 605 g/mol. The van der Waals surface area contributed by atoms with Gasteiger partial charge >= 0.3 is 0 Å². The lowest BCUT2D eigenvalue weighted by molar-refractivity contribution is -0.124. The molecule has 0 bridgehead atoms. The summed E-state index contributed by atoms with van der Waals surface area (Å²) in [6.07, 6.45) is 27.9. The predicted octanol–water partition coefficient (Wildman–Crippen LogP) is 10.5. The van der Waals surface area contributed by atoms with Gasteiger partial charge in [0, 0.05) is 13.1 Å². The number of fused-ring (bicyclic) bond motifs is 1. The highest BCUT2D eigenvalue weighted by atomic mass is 16.3. The molecule has 6 nitrogen and oxygen atoms in total. The Balaban J connectivity index is 1.38. The fourth-order valence-electron chi connectivity index (χ4n) is 6.68. The quantitative estimate of drug-likeness (QED) is 0.112. The molecule has 2 aromatic heterocycles. The van der Waals surface area contributed by atoms with Gasteiger partial charge < -0.3 is 18.6 Å². The number of furan rings is 2. The summed E-state index contributed by atoms with van der Waals surface area (Å²) in [4.78, 5) is 31.7. The number of rotatable bonds is 24. The molecule has 0 saturated carbocycles. The maximum absolute atomic E-state index is 14.1. The molecule has 0 atom stereocenters. The SMILES string of the molecule is CCCCCCCCCCCCN1C(=O)C2=C(c3ccco3)N(CCCCCCCCCCCC)C(=O)C2=C1c1ccco1. The van der Waals surface area contributed by atoms with Gasteiger partial charge in [-0.25, -0.2) is 0 Å². The molecule has 6 heteroatoms. The highest BCUT2D eigenvalue weighted by molar-refractivity contribution is 6.29. The third kappa shape index (κ3) is 9.01. The topological polar surface area (TPSA) is 66.9 Å². The number of carbonyl (C=O) groups excluding carboxylic acids is 2. The molecule has 4 heterocycles. The van der Waals surface area contributed by atoms with Gasteiger partial charge in [-0.05, 0) is 37.1 Å². The molecule has 0 aromatic carbocycles. The molecular weight excluding hydrogens is 548 g/mol. The van der Waals surface area contributed by atoms with Gasteiger partial charge in [0.2, 0.25) is 0 Å². The summed E-state index contributed by atoms with van der Waals surface area (Å²) >= 11 is 0. The highest BCUT2D eigenvalue weighted by Crippen LogP contribution is 2.46. The van der Waals surface area contributed by atoms with Crippen LogP contribution in [0.3, 0.4) is 0 Å². The van der Waals surface area contributed by atoms with Crippen LogP contribution in [-0.4, -0.2) is 34.7 Å². The highest BCUT2D eigenvalue weighted by Gasteiger charge is 2.49. The van der Waals surface area contributed by atoms with Gasteiger partial charge in [-0.3, -0.25) is 9.59 Å². The van der Waals surface area contributed by atoms with Crippen molar-refractivity contribution in [2.45, 2.75) is 142 Å². The molecule has 2 aromatic rings. The fraction of sp³-hybridized carbons (Fsp3) is 0.632. The summed E-state index contributed by atoms with van der Waals surface area (Å²) in [5.41, 5.74) is 2.17. The van der Waals surface area contributed by atoms with Crippen molar-refractivity contribution in [3.63, 3.8) is 0 Å². The summed E-state index contributed by atoms with van der Waals surface area (Å²) < 4.78 is 11.6. The molecule has 2 amide bonds. The average Bonchev–Trinajstić information content (AvgIpc) is 3.83. The zero-order valence-electron chi connectivity index (χ0n) is 27.5. The number of amides is 2. The minimum atomic E-state index is -0.118. The van der Waals surface area contributed by atoms with Gasteiger partial charge in [0.05, 0.1) is 23.7 Å². The monoisotopic (exact) mass is 604 g/mol. The number of hydrogen-bond donors (Lipinski definition) is 0. The van der Waals surface area contributed by atoms with Crippen LogP contribution < -0.4 is 0 Å². The summed E-state index contributed by atoms with van der Waals surface area (Å²) in [6, 6.07) is 7.36. The Hall–Kier alpha value is -3.02. The van der Waals surface area contributed by atoms with E-state index in [4.69, 9.17) is 8.83 Å². The molecular formula is C38H56N2O4. The molecule has 0 N–H and O–H groups in total. The Bertz CT molecular complexity index is 1100. The number of carbonyl (C=O) groups is 2. The molecule has 0 spiro atoms. The number of hydrogen-bond acceptors (Lipinski definition) is 4. The maximum atomic E-state index is 14.1. The zero-order chi connectivity index (χ0) is 31.0. The van der Waals surface area contributed by atoms with Crippen molar-refractivity contribution in [2.75, 3.05) is 13.1 Å². The summed E-state index contributed by atoms with van der Waals surface area (Å²) in [5.74, 6) is 0.909. The van der Waals surface area contributed by atoms with E-state index in [0.717, 1.165) is 25.7 Å². The summed E-state index contributed by atoms with van der Waals surface area (Å²) in [7, 11) is 0. The zero-order valence-corrected chi connectivity index (χ0v) is 27.5. The van der Waals surface area contributed by atoms with E-state index in [-0.39, 0.29) is 11.8 Å². The molecule has 0 radical (unpaired) electrons. The van der Waals surface area contributed by atoms with E-state index >= 15 is 0 Å². The molecule has 44 heavy (non-hydrogen) atoms. The lowest BCUT2D eigenvalue weighted by Gasteiger charge is -2.23. The van der Waals surface area contributed by atoms with E-state index in [9.17, 15) is 9.59 Å². The van der Waals surface area contributed by atoms with Crippen molar-refractivity contribution < 1.29 is 18.4 Å². The van der Waals surface area contributed by atoms with Gasteiger partial charge in [0.1, 0.15) is 11.4 Å². The Labute approximate surface area is 265 Å². The molecule has 0 aliphatic carbocycles. The van der Waals surface area contributed by atoms with Crippen LogP contribution in [-0.2, 0) is 9.59 Å². The second-order valence-electron chi connectivity index (χ2n) is 12.7. The van der Waals surface area contributed by atoms with E-state index in [1.54, 1.807) is 22.3 Å². The minimum absolute atomic E-state index is 0.118. The number of nitrogens with zero attached hydrogens (tertiary/aromatic N) is 2. The van der Waals surface area contributed by atoms with E-state index < -0.39 is 0 Å². The first-order chi connectivity index (χ1) is 21.7. The van der Waals surface area contributed by atoms with Crippen LogP contribution in [0.5, 0.6) is 0 Å². The second-order valence-corrected chi connectivity index (χ2v) is 12.7. The maximum Gasteiger partial charge on any atom is 0.261 e. The standard InChI is InChI=1S/C38H56N2O4/c1-3-5-7-9-11-13-15-17-19-21-27-39-35(31-25-23-29-43-31)33-34(37(39)41)36(32-26-24-30-44-32)40(38(33)42)28-22-20-18-16-14-12-10-8-6-4-2/h23-26,29-30H,3-22,27-28H2,1-2H3. The van der Waals surface area contributed by atoms with E-state index in [0.29, 0.717) is 47.2 Å². The first kappa shape index (κ1) is 33.9. The Morgan fingerprint density at radius 2 is 0.795 bits per heavy atom. The third-order valence-electron chi connectivity index (χ3n) is 9.16. The van der Waals surface area contributed by atoms with Crippen molar-refractivity contribution >= 4 is 23.2 Å². The van der Waals surface area contributed by atoms with Crippen molar-refractivity contribution in [1.29, 1.82) is 0 Å². The molecule has 0 unspecified atom stereocenters. The minimum Gasteiger partial charge on any atom is -0.463 e. The van der Waals surface area contributed by atoms with Gasteiger partial charge in [0.15, 0.2) is 11.5 Å². The lowest BCUT2D eigenvalue weighted by atomic mass is 10.1. The smallest absolute Gasteiger partial charge is 0.261 e. The van der Waals surface area contributed by atoms with E-state index in [2.05, 4.69) is 13.8 Å². The summed E-state index contributed by atoms with van der Waals surface area (Å²) in [5, 5.41) is 0. The van der Waals surface area contributed by atoms with Crippen molar-refractivity contribution in [3.8, 4) is 0 Å².